The lowest BCUT2D eigenvalue weighted by Gasteiger charge is -2.16. The van der Waals surface area contributed by atoms with Gasteiger partial charge in [0.1, 0.15) is 5.82 Å². The highest BCUT2D eigenvalue weighted by molar-refractivity contribution is 7.90. The van der Waals surface area contributed by atoms with Crippen LogP contribution in [0.2, 0.25) is 0 Å². The zero-order valence-corrected chi connectivity index (χ0v) is 26.0. The molecule has 0 bridgehead atoms. The number of carbonyl (C=O) groups excluding carboxylic acids is 1. The lowest BCUT2D eigenvalue weighted by atomic mass is 9.96. The average Bonchev–Trinajstić information content (AvgIpc) is 3.68. The van der Waals surface area contributed by atoms with Crippen molar-refractivity contribution in [2.45, 2.75) is 71.1 Å². The van der Waals surface area contributed by atoms with Gasteiger partial charge in [-0.1, -0.05) is 34.6 Å². The van der Waals surface area contributed by atoms with Crippen molar-refractivity contribution in [3.63, 3.8) is 0 Å². The second-order valence-electron chi connectivity index (χ2n) is 11.5. The van der Waals surface area contributed by atoms with E-state index < -0.39 is 16.1 Å². The lowest BCUT2D eigenvalue weighted by Crippen LogP contribution is -2.37. The van der Waals surface area contributed by atoms with Gasteiger partial charge in [-0.15, -0.1) is 0 Å². The molecule has 2 aromatic rings. The van der Waals surface area contributed by atoms with E-state index >= 15 is 0 Å². The van der Waals surface area contributed by atoms with Gasteiger partial charge in [-0.3, -0.25) is 4.72 Å². The number of aromatic amines is 1. The molecule has 226 valence electrons. The summed E-state index contributed by atoms with van der Waals surface area (Å²) >= 11 is 0. The Kier molecular flexibility index (Phi) is 10.5. The third kappa shape index (κ3) is 9.02. The highest BCUT2D eigenvalue weighted by atomic mass is 32.2. The molecule has 0 aliphatic heterocycles. The smallest absolute Gasteiger partial charge is 0.407 e. The predicted octanol–water partition coefficient (Wildman–Crippen LogP) is 3.97. The number of alkyl carbamates (subject to hydrolysis) is 1. The summed E-state index contributed by atoms with van der Waals surface area (Å²) in [5.74, 6) is 1.03. The monoisotopic (exact) mass is 589 g/mol. The Morgan fingerprint density at radius 2 is 1.90 bits per heavy atom. The van der Waals surface area contributed by atoms with Crippen molar-refractivity contribution in [1.29, 1.82) is 0 Å². The van der Waals surface area contributed by atoms with Gasteiger partial charge in [-0.2, -0.15) is 0 Å². The standard InChI is InChI=1S/C28H43N7O5S/c1-17(2)22(35-41(37,38)20-9-10-20)15-19(12-14-39-7)23-24(34-25(33-23)28(4,5)6)21-11-13-29-26(32-21)30-16-18(3)31-27(36)40-8/h11-13,15,17-18,20,35H,9-10,14,16H2,1-8H3,(H,31,36)(H,33,34)(H,29,30,32)/b19-12+,22-15+. The largest absolute Gasteiger partial charge is 0.453 e. The summed E-state index contributed by atoms with van der Waals surface area (Å²) in [7, 11) is -0.546. The number of anilines is 1. The molecule has 1 aliphatic carbocycles. The lowest BCUT2D eigenvalue weighted by molar-refractivity contribution is 0.168. The van der Waals surface area contributed by atoms with Gasteiger partial charge in [0.15, 0.2) is 0 Å². The molecule has 41 heavy (non-hydrogen) atoms. The van der Waals surface area contributed by atoms with Crippen LogP contribution in [0.4, 0.5) is 10.7 Å². The quantitative estimate of drug-likeness (QED) is 0.253. The van der Waals surface area contributed by atoms with E-state index in [0.717, 1.165) is 5.82 Å². The normalized spacial score (nSPS) is 15.5. The van der Waals surface area contributed by atoms with Gasteiger partial charge in [-0.25, -0.2) is 28.2 Å². The van der Waals surface area contributed by atoms with Crippen molar-refractivity contribution in [2.75, 3.05) is 32.7 Å². The number of nitrogens with one attached hydrogen (secondary N) is 4. The van der Waals surface area contributed by atoms with Crippen molar-refractivity contribution >= 4 is 27.6 Å². The van der Waals surface area contributed by atoms with E-state index in [1.54, 1.807) is 19.4 Å². The molecule has 0 aromatic carbocycles. The first-order chi connectivity index (χ1) is 19.2. The summed E-state index contributed by atoms with van der Waals surface area (Å²) in [5.41, 5.74) is 2.83. The average molecular weight is 590 g/mol. The van der Waals surface area contributed by atoms with Crippen LogP contribution in [-0.4, -0.2) is 73.1 Å². The van der Waals surface area contributed by atoms with Crippen LogP contribution in [0.3, 0.4) is 0 Å². The minimum atomic E-state index is -3.46. The summed E-state index contributed by atoms with van der Waals surface area (Å²) in [4.78, 5) is 29.0. The van der Waals surface area contributed by atoms with Crippen molar-refractivity contribution in [1.82, 2.24) is 30.0 Å². The van der Waals surface area contributed by atoms with Crippen LogP contribution < -0.4 is 15.4 Å². The van der Waals surface area contributed by atoms with Gasteiger partial charge < -0.3 is 25.1 Å². The number of ether oxygens (including phenoxy) is 2. The zero-order chi connectivity index (χ0) is 30.4. The number of hydrogen-bond acceptors (Lipinski definition) is 9. The van der Waals surface area contributed by atoms with E-state index in [-0.39, 0.29) is 22.6 Å². The second-order valence-corrected chi connectivity index (χ2v) is 13.4. The fraction of sp³-hybridized carbons (Fsp3) is 0.571. The topological polar surface area (TPSA) is 160 Å². The molecule has 4 N–H and O–H groups in total. The number of hydrogen-bond donors (Lipinski definition) is 4. The van der Waals surface area contributed by atoms with Crippen LogP contribution in [0, 0.1) is 5.92 Å². The molecule has 1 atom stereocenters. The van der Waals surface area contributed by atoms with Crippen molar-refractivity contribution in [2.24, 2.45) is 5.92 Å². The fourth-order valence-corrected chi connectivity index (χ4v) is 5.31. The zero-order valence-electron chi connectivity index (χ0n) is 25.2. The molecular weight excluding hydrogens is 546 g/mol. The molecule has 0 spiro atoms. The van der Waals surface area contributed by atoms with E-state index in [9.17, 15) is 13.2 Å². The van der Waals surface area contributed by atoms with Crippen molar-refractivity contribution in [3.8, 4) is 11.4 Å². The van der Waals surface area contributed by atoms with Crippen LogP contribution in [0.5, 0.6) is 0 Å². The van der Waals surface area contributed by atoms with Crippen molar-refractivity contribution in [3.05, 3.63) is 41.6 Å². The SMILES string of the molecule is COC/C=C(\C=C(\NS(=O)(=O)C1CC1)C(C)C)c1nc(C(C)(C)C)[nH]c1-c1ccnc(NCC(C)NC(=O)OC)n1. The van der Waals surface area contributed by atoms with Crippen molar-refractivity contribution < 1.29 is 22.7 Å². The van der Waals surface area contributed by atoms with Crippen LogP contribution in [0.25, 0.3) is 17.0 Å². The minimum absolute atomic E-state index is 0.0885. The number of H-pyrrole nitrogens is 1. The Labute approximate surface area is 242 Å². The van der Waals surface area contributed by atoms with Gasteiger partial charge in [-0.05, 0) is 43.9 Å². The van der Waals surface area contributed by atoms with Gasteiger partial charge in [0.25, 0.3) is 0 Å². The molecule has 3 rings (SSSR count). The maximum atomic E-state index is 12.8. The Hall–Kier alpha value is -3.45. The molecular formula is C28H43N7O5S. The first kappa shape index (κ1) is 32.1. The number of nitrogens with zero attached hydrogens (tertiary/aromatic N) is 3. The molecule has 1 amide bonds. The van der Waals surface area contributed by atoms with Gasteiger partial charge in [0.2, 0.25) is 16.0 Å². The van der Waals surface area contributed by atoms with Crippen LogP contribution in [0.15, 0.2) is 30.1 Å². The third-order valence-electron chi connectivity index (χ3n) is 6.34. The number of imidazole rings is 1. The van der Waals surface area contributed by atoms with Crippen LogP contribution >= 0.6 is 0 Å². The first-order valence-corrected chi connectivity index (χ1v) is 15.2. The Morgan fingerprint density at radius 3 is 2.49 bits per heavy atom. The molecule has 0 radical (unpaired) electrons. The summed E-state index contributed by atoms with van der Waals surface area (Å²) in [6.07, 6.45) is 6.17. The molecule has 13 heteroatoms. The molecule has 2 aromatic heterocycles. The Balaban J connectivity index is 2.05. The maximum Gasteiger partial charge on any atom is 0.407 e. The van der Waals surface area contributed by atoms with Crippen LogP contribution in [-0.2, 0) is 24.9 Å². The highest BCUT2D eigenvalue weighted by Gasteiger charge is 2.36. The molecule has 12 nitrogen and oxygen atoms in total. The number of sulfonamides is 1. The Bertz CT molecular complexity index is 1370. The molecule has 1 unspecified atom stereocenters. The fourth-order valence-electron chi connectivity index (χ4n) is 3.77. The maximum absolute atomic E-state index is 12.8. The highest BCUT2D eigenvalue weighted by Crippen LogP contribution is 2.33. The van der Waals surface area contributed by atoms with E-state index in [2.05, 4.69) is 50.8 Å². The van der Waals surface area contributed by atoms with Crippen LogP contribution in [0.1, 0.15) is 65.9 Å². The number of carbonyl (C=O) groups is 1. The van der Waals surface area contributed by atoms with E-state index in [1.165, 1.54) is 7.11 Å². The Morgan fingerprint density at radius 1 is 1.20 bits per heavy atom. The number of aromatic nitrogens is 4. The van der Waals surface area contributed by atoms with Gasteiger partial charge in [0, 0.05) is 42.6 Å². The molecule has 1 fully saturated rings. The van der Waals surface area contributed by atoms with Gasteiger partial charge in [0.05, 0.1) is 36.0 Å². The number of allylic oxidation sites excluding steroid dienone is 3. The number of rotatable bonds is 13. The third-order valence-corrected chi connectivity index (χ3v) is 8.21. The van der Waals surface area contributed by atoms with Gasteiger partial charge >= 0.3 is 6.09 Å². The summed E-state index contributed by atoms with van der Waals surface area (Å²) in [6.45, 7) is 12.6. The predicted molar refractivity (Wildman–Crippen MR) is 160 cm³/mol. The second kappa shape index (κ2) is 13.5. The summed E-state index contributed by atoms with van der Waals surface area (Å²) in [6, 6.07) is 1.55. The summed E-state index contributed by atoms with van der Waals surface area (Å²) in [5, 5.41) is 5.49. The molecule has 1 saturated carbocycles. The first-order valence-electron chi connectivity index (χ1n) is 13.7. The minimum Gasteiger partial charge on any atom is -0.453 e. The number of methoxy groups -OCH3 is 2. The molecule has 1 aliphatic rings. The van der Waals surface area contributed by atoms with E-state index in [1.807, 2.05) is 32.9 Å². The number of amides is 1. The summed E-state index contributed by atoms with van der Waals surface area (Å²) < 4.78 is 38.5. The molecule has 2 heterocycles. The van der Waals surface area contributed by atoms with E-state index in [0.29, 0.717) is 60.3 Å². The van der Waals surface area contributed by atoms with E-state index in [4.69, 9.17) is 14.7 Å². The molecule has 0 saturated heterocycles.